The minimum absolute atomic E-state index is 0.0455. The molecule has 0 atom stereocenters. The number of carbonyl (C=O) groups is 1. The van der Waals surface area contributed by atoms with Crippen LogP contribution >= 0.6 is 11.3 Å². The smallest absolute Gasteiger partial charge is 0.387 e. The van der Waals surface area contributed by atoms with Crippen LogP contribution in [0.25, 0.3) is 10.4 Å². The van der Waals surface area contributed by atoms with Gasteiger partial charge in [-0.1, -0.05) is 12.1 Å². The second-order valence-electron chi connectivity index (χ2n) is 3.79. The van der Waals surface area contributed by atoms with E-state index in [4.69, 9.17) is 5.73 Å². The number of anilines is 1. The van der Waals surface area contributed by atoms with E-state index in [-0.39, 0.29) is 16.3 Å². The molecule has 0 saturated heterocycles. The van der Waals surface area contributed by atoms with Gasteiger partial charge in [0.15, 0.2) is 0 Å². The third-order valence-electron chi connectivity index (χ3n) is 2.48. The Labute approximate surface area is 117 Å². The zero-order valence-electron chi connectivity index (χ0n) is 10.4. The minimum Gasteiger partial charge on any atom is -0.465 e. The average Bonchev–Trinajstić information content (AvgIpc) is 2.79. The first-order valence-corrected chi connectivity index (χ1v) is 6.35. The van der Waals surface area contributed by atoms with Gasteiger partial charge < -0.3 is 15.2 Å². The highest BCUT2D eigenvalue weighted by molar-refractivity contribution is 7.18. The number of nitrogen functional groups attached to an aromatic ring is 1. The summed E-state index contributed by atoms with van der Waals surface area (Å²) < 4.78 is 33.3. The number of nitrogens with two attached hydrogens (primary N) is 1. The molecule has 0 unspecified atom stereocenters. The zero-order valence-corrected chi connectivity index (χ0v) is 11.2. The van der Waals surface area contributed by atoms with Crippen molar-refractivity contribution in [3.63, 3.8) is 0 Å². The van der Waals surface area contributed by atoms with E-state index in [0.29, 0.717) is 10.4 Å². The fourth-order valence-electron chi connectivity index (χ4n) is 1.63. The summed E-state index contributed by atoms with van der Waals surface area (Å²) in [6.45, 7) is -2.88. The average molecular weight is 299 g/mol. The monoisotopic (exact) mass is 299 g/mol. The Morgan fingerprint density at radius 2 is 2.10 bits per heavy atom. The molecule has 0 bridgehead atoms. The van der Waals surface area contributed by atoms with Gasteiger partial charge in [-0.3, -0.25) is 0 Å². The van der Waals surface area contributed by atoms with Gasteiger partial charge in [-0.05, 0) is 23.8 Å². The summed E-state index contributed by atoms with van der Waals surface area (Å²) in [5.74, 6) is -0.483. The van der Waals surface area contributed by atoms with Gasteiger partial charge in [-0.15, -0.1) is 11.3 Å². The van der Waals surface area contributed by atoms with E-state index in [9.17, 15) is 13.6 Å². The molecule has 1 aromatic carbocycles. The van der Waals surface area contributed by atoms with Gasteiger partial charge in [0, 0.05) is 4.88 Å². The molecule has 20 heavy (non-hydrogen) atoms. The molecule has 2 rings (SSSR count). The first-order chi connectivity index (χ1) is 9.51. The van der Waals surface area contributed by atoms with Crippen LogP contribution in [0.5, 0.6) is 5.75 Å². The Bertz CT molecular complexity index is 628. The molecule has 0 fully saturated rings. The summed E-state index contributed by atoms with van der Waals surface area (Å²) in [5, 5.41) is 0. The number of halogens is 2. The Morgan fingerprint density at radius 1 is 1.35 bits per heavy atom. The molecule has 0 aliphatic carbocycles. The van der Waals surface area contributed by atoms with Crippen LogP contribution in [-0.4, -0.2) is 19.7 Å². The molecule has 1 heterocycles. The number of hydrogen-bond acceptors (Lipinski definition) is 5. The van der Waals surface area contributed by atoms with Gasteiger partial charge in [0.2, 0.25) is 0 Å². The highest BCUT2D eigenvalue weighted by Gasteiger charge is 2.16. The van der Waals surface area contributed by atoms with Crippen molar-refractivity contribution < 1.29 is 23.0 Å². The van der Waals surface area contributed by atoms with Gasteiger partial charge in [0.1, 0.15) is 10.6 Å². The molecule has 2 aromatic rings. The quantitative estimate of drug-likeness (QED) is 0.879. The minimum atomic E-state index is -2.88. The van der Waals surface area contributed by atoms with Crippen molar-refractivity contribution >= 4 is 23.0 Å². The highest BCUT2D eigenvalue weighted by Crippen LogP contribution is 2.35. The van der Waals surface area contributed by atoms with Gasteiger partial charge >= 0.3 is 12.6 Å². The number of thiophene rings is 1. The molecule has 4 nitrogen and oxygen atoms in total. The number of methoxy groups -OCH3 is 1. The van der Waals surface area contributed by atoms with Crippen molar-refractivity contribution in [2.75, 3.05) is 12.8 Å². The Kier molecular flexibility index (Phi) is 4.19. The van der Waals surface area contributed by atoms with Crippen LogP contribution in [0, 0.1) is 0 Å². The van der Waals surface area contributed by atoms with Crippen LogP contribution in [0.4, 0.5) is 14.5 Å². The third kappa shape index (κ3) is 3.05. The summed E-state index contributed by atoms with van der Waals surface area (Å²) in [4.78, 5) is 12.4. The molecule has 2 N–H and O–H groups in total. The van der Waals surface area contributed by atoms with E-state index < -0.39 is 12.6 Å². The molecule has 7 heteroatoms. The molecular formula is C13H11F2NO3S. The first-order valence-electron chi connectivity index (χ1n) is 5.54. The zero-order chi connectivity index (χ0) is 14.7. The van der Waals surface area contributed by atoms with Crippen molar-refractivity contribution in [2.45, 2.75) is 6.61 Å². The maximum atomic E-state index is 12.2. The van der Waals surface area contributed by atoms with Gasteiger partial charge in [0.25, 0.3) is 0 Å². The lowest BCUT2D eigenvalue weighted by molar-refractivity contribution is -0.0498. The Morgan fingerprint density at radius 3 is 2.75 bits per heavy atom. The Balaban J connectivity index is 2.34. The Hall–Kier alpha value is -2.15. The molecule has 0 amide bonds. The summed E-state index contributed by atoms with van der Waals surface area (Å²) in [7, 11) is 1.26. The van der Waals surface area contributed by atoms with Crippen molar-refractivity contribution in [3.8, 4) is 16.2 Å². The molecule has 0 spiro atoms. The second-order valence-corrected chi connectivity index (χ2v) is 4.85. The maximum absolute atomic E-state index is 12.2. The molecule has 0 aliphatic heterocycles. The summed E-state index contributed by atoms with van der Waals surface area (Å²) >= 11 is 1.13. The van der Waals surface area contributed by atoms with Crippen molar-refractivity contribution in [3.05, 3.63) is 35.2 Å². The molecule has 0 radical (unpaired) electrons. The van der Waals surface area contributed by atoms with Crippen LogP contribution in [0.15, 0.2) is 30.3 Å². The number of benzene rings is 1. The molecular weight excluding hydrogens is 288 g/mol. The van der Waals surface area contributed by atoms with Crippen molar-refractivity contribution in [2.24, 2.45) is 0 Å². The highest BCUT2D eigenvalue weighted by atomic mass is 32.1. The van der Waals surface area contributed by atoms with Crippen LogP contribution in [-0.2, 0) is 4.74 Å². The number of hydrogen-bond donors (Lipinski definition) is 1. The third-order valence-corrected chi connectivity index (χ3v) is 3.66. The van der Waals surface area contributed by atoms with E-state index in [1.165, 1.54) is 19.2 Å². The van der Waals surface area contributed by atoms with Crippen molar-refractivity contribution in [1.29, 1.82) is 0 Å². The lowest BCUT2D eigenvalue weighted by Crippen LogP contribution is -2.01. The fraction of sp³-hybridized carbons (Fsp3) is 0.154. The van der Waals surface area contributed by atoms with Gasteiger partial charge in [-0.25, -0.2) is 4.79 Å². The number of rotatable bonds is 4. The van der Waals surface area contributed by atoms with Crippen LogP contribution in [0.2, 0.25) is 0 Å². The van der Waals surface area contributed by atoms with E-state index in [1.54, 1.807) is 18.2 Å². The number of ether oxygens (including phenoxy) is 2. The van der Waals surface area contributed by atoms with Crippen molar-refractivity contribution in [1.82, 2.24) is 0 Å². The molecule has 1 aromatic heterocycles. The summed E-state index contributed by atoms with van der Waals surface area (Å²) in [5.41, 5.74) is 6.66. The fourth-order valence-corrected chi connectivity index (χ4v) is 2.62. The number of esters is 1. The predicted octanol–water partition coefficient (Wildman–Crippen LogP) is 3.39. The van der Waals surface area contributed by atoms with E-state index in [1.807, 2.05) is 0 Å². The molecule has 0 aliphatic rings. The summed E-state index contributed by atoms with van der Waals surface area (Å²) in [6.07, 6.45) is 0. The first kappa shape index (κ1) is 14.3. The van der Waals surface area contributed by atoms with E-state index in [2.05, 4.69) is 9.47 Å². The van der Waals surface area contributed by atoms with Crippen LogP contribution < -0.4 is 10.5 Å². The number of carbonyl (C=O) groups excluding carboxylic acids is 1. The lowest BCUT2D eigenvalue weighted by atomic mass is 10.2. The standard InChI is InChI=1S/C13H11F2NO3S/c1-18-12(17)11-9(16)6-10(20-11)7-3-2-4-8(5-7)19-13(14)15/h2-6,13H,16H2,1H3. The largest absolute Gasteiger partial charge is 0.465 e. The van der Waals surface area contributed by atoms with Crippen LogP contribution in [0.3, 0.4) is 0 Å². The van der Waals surface area contributed by atoms with Gasteiger partial charge in [-0.2, -0.15) is 8.78 Å². The van der Waals surface area contributed by atoms with Gasteiger partial charge in [0.05, 0.1) is 12.8 Å². The summed E-state index contributed by atoms with van der Waals surface area (Å²) in [6, 6.07) is 7.77. The van der Waals surface area contributed by atoms with E-state index in [0.717, 1.165) is 11.3 Å². The predicted molar refractivity (Wildman–Crippen MR) is 72.1 cm³/mol. The lowest BCUT2D eigenvalue weighted by Gasteiger charge is -2.05. The number of alkyl halides is 2. The van der Waals surface area contributed by atoms with E-state index >= 15 is 0 Å². The maximum Gasteiger partial charge on any atom is 0.387 e. The van der Waals surface area contributed by atoms with Crippen LogP contribution in [0.1, 0.15) is 9.67 Å². The normalized spacial score (nSPS) is 10.6. The second kappa shape index (κ2) is 5.87. The topological polar surface area (TPSA) is 61.5 Å². The SMILES string of the molecule is COC(=O)c1sc(-c2cccc(OC(F)F)c2)cc1N. The molecule has 106 valence electrons. The molecule has 0 saturated carbocycles.